The number of halogens is 1. The number of aryl methyl sites for hydroxylation is 2. The van der Waals surface area contributed by atoms with Crippen LogP contribution in [0, 0.1) is 6.92 Å². The predicted octanol–water partition coefficient (Wildman–Crippen LogP) is 5.81. The topological polar surface area (TPSA) is 16.1 Å². The van der Waals surface area contributed by atoms with Crippen LogP contribution in [0.1, 0.15) is 17.5 Å². The van der Waals surface area contributed by atoms with E-state index in [0.29, 0.717) is 0 Å². The molecule has 0 aliphatic carbocycles. The summed E-state index contributed by atoms with van der Waals surface area (Å²) in [5.41, 5.74) is 4.94. The molecule has 3 heteroatoms. The first-order valence-electron chi connectivity index (χ1n) is 8.21. The molecule has 0 fully saturated rings. The summed E-state index contributed by atoms with van der Waals surface area (Å²) in [6.45, 7) is 3.07. The van der Waals surface area contributed by atoms with Crippen molar-refractivity contribution < 1.29 is 0 Å². The van der Waals surface area contributed by atoms with Crippen molar-refractivity contribution >= 4 is 23.0 Å². The van der Waals surface area contributed by atoms with Crippen molar-refractivity contribution in [2.75, 3.05) is 11.4 Å². The van der Waals surface area contributed by atoms with Crippen LogP contribution in [0.25, 0.3) is 0 Å². The molecule has 2 nitrogen and oxygen atoms in total. The van der Waals surface area contributed by atoms with Crippen LogP contribution in [0.2, 0.25) is 5.02 Å². The summed E-state index contributed by atoms with van der Waals surface area (Å²) in [5, 5.41) is 0.755. The molecule has 122 valence electrons. The van der Waals surface area contributed by atoms with E-state index < -0.39 is 0 Å². The van der Waals surface area contributed by atoms with E-state index in [2.05, 4.69) is 47.1 Å². The Morgan fingerprint density at radius 1 is 0.917 bits per heavy atom. The highest BCUT2D eigenvalue weighted by Crippen LogP contribution is 2.27. The maximum atomic E-state index is 6.18. The van der Waals surface area contributed by atoms with Gasteiger partial charge in [-0.25, -0.2) is 0 Å². The molecule has 0 N–H and O–H groups in total. The van der Waals surface area contributed by atoms with Gasteiger partial charge in [-0.15, -0.1) is 0 Å². The maximum Gasteiger partial charge on any atom is 0.0441 e. The zero-order valence-corrected chi connectivity index (χ0v) is 14.6. The summed E-state index contributed by atoms with van der Waals surface area (Å²) in [5.74, 6) is 0. The third-order valence-electron chi connectivity index (χ3n) is 4.02. The molecule has 0 saturated carbocycles. The Labute approximate surface area is 148 Å². The van der Waals surface area contributed by atoms with E-state index in [1.807, 2.05) is 42.7 Å². The van der Waals surface area contributed by atoms with Crippen LogP contribution in [0.4, 0.5) is 11.4 Å². The van der Waals surface area contributed by atoms with Gasteiger partial charge >= 0.3 is 0 Å². The Balaban J connectivity index is 1.75. The number of benzene rings is 2. The third kappa shape index (κ3) is 4.36. The van der Waals surface area contributed by atoms with Gasteiger partial charge in [-0.05, 0) is 55.7 Å². The van der Waals surface area contributed by atoms with E-state index in [0.717, 1.165) is 35.8 Å². The van der Waals surface area contributed by atoms with E-state index >= 15 is 0 Å². The van der Waals surface area contributed by atoms with Crippen molar-refractivity contribution in [3.05, 3.63) is 89.2 Å². The lowest BCUT2D eigenvalue weighted by molar-refractivity contribution is 0.806. The summed E-state index contributed by atoms with van der Waals surface area (Å²) in [4.78, 5) is 6.42. The zero-order chi connectivity index (χ0) is 16.8. The lowest BCUT2D eigenvalue weighted by atomic mass is 10.1. The van der Waals surface area contributed by atoms with E-state index in [-0.39, 0.29) is 0 Å². The quantitative estimate of drug-likeness (QED) is 0.564. The molecule has 1 aromatic heterocycles. The fourth-order valence-corrected chi connectivity index (χ4v) is 3.07. The van der Waals surface area contributed by atoms with Gasteiger partial charge in [0.2, 0.25) is 0 Å². The lowest BCUT2D eigenvalue weighted by Gasteiger charge is -2.25. The summed E-state index contributed by atoms with van der Waals surface area (Å²) in [6, 6.07) is 20.8. The molecule has 0 spiro atoms. The summed E-state index contributed by atoms with van der Waals surface area (Å²) in [7, 11) is 0. The standard InChI is InChI=1S/C21H21ClN2/c1-17-5-2-6-18(15-17)7-4-14-24(20-10-12-23-13-11-20)21-9-3-8-19(22)16-21/h2-3,5-6,8-13,15-16H,4,7,14H2,1H3. The Bertz CT molecular complexity index is 787. The minimum Gasteiger partial charge on any atom is -0.341 e. The highest BCUT2D eigenvalue weighted by molar-refractivity contribution is 6.30. The second-order valence-corrected chi connectivity index (χ2v) is 6.37. The number of anilines is 2. The van der Waals surface area contributed by atoms with Crippen LogP contribution < -0.4 is 4.90 Å². The molecule has 0 radical (unpaired) electrons. The van der Waals surface area contributed by atoms with Crippen LogP contribution in [0.15, 0.2) is 73.1 Å². The summed E-state index contributed by atoms with van der Waals surface area (Å²) >= 11 is 6.18. The molecule has 3 aromatic rings. The van der Waals surface area contributed by atoms with E-state index in [1.165, 1.54) is 11.1 Å². The summed E-state index contributed by atoms with van der Waals surface area (Å²) in [6.07, 6.45) is 5.78. The van der Waals surface area contributed by atoms with Gasteiger partial charge in [0.15, 0.2) is 0 Å². The van der Waals surface area contributed by atoms with Crippen LogP contribution in [0.3, 0.4) is 0 Å². The molecule has 0 amide bonds. The SMILES string of the molecule is Cc1cccc(CCCN(c2ccncc2)c2cccc(Cl)c2)c1. The molecule has 0 unspecified atom stereocenters. The molecule has 0 saturated heterocycles. The molecular weight excluding hydrogens is 316 g/mol. The monoisotopic (exact) mass is 336 g/mol. The Hall–Kier alpha value is -2.32. The Morgan fingerprint density at radius 3 is 2.46 bits per heavy atom. The van der Waals surface area contributed by atoms with Gasteiger partial charge in [0.1, 0.15) is 0 Å². The van der Waals surface area contributed by atoms with Gasteiger partial charge < -0.3 is 4.90 Å². The zero-order valence-electron chi connectivity index (χ0n) is 13.8. The molecule has 3 rings (SSSR count). The first kappa shape index (κ1) is 16.5. The molecule has 24 heavy (non-hydrogen) atoms. The largest absolute Gasteiger partial charge is 0.341 e. The normalized spacial score (nSPS) is 10.6. The van der Waals surface area contributed by atoms with Crippen molar-refractivity contribution in [3.63, 3.8) is 0 Å². The molecule has 0 bridgehead atoms. The maximum absolute atomic E-state index is 6.18. The smallest absolute Gasteiger partial charge is 0.0441 e. The van der Waals surface area contributed by atoms with E-state index in [4.69, 9.17) is 11.6 Å². The molecule has 2 aromatic carbocycles. The number of hydrogen-bond acceptors (Lipinski definition) is 2. The van der Waals surface area contributed by atoms with Gasteiger partial charge in [-0.1, -0.05) is 47.5 Å². The van der Waals surface area contributed by atoms with Gasteiger partial charge in [-0.2, -0.15) is 0 Å². The molecule has 0 atom stereocenters. The molecular formula is C21H21ClN2. The minimum atomic E-state index is 0.755. The molecule has 1 heterocycles. The fraction of sp³-hybridized carbons (Fsp3) is 0.190. The number of rotatable bonds is 6. The van der Waals surface area contributed by atoms with E-state index in [9.17, 15) is 0 Å². The van der Waals surface area contributed by atoms with Crippen molar-refractivity contribution in [1.82, 2.24) is 4.98 Å². The van der Waals surface area contributed by atoms with Gasteiger partial charge in [-0.3, -0.25) is 4.98 Å². The highest BCUT2D eigenvalue weighted by atomic mass is 35.5. The van der Waals surface area contributed by atoms with Gasteiger partial charge in [0, 0.05) is 35.3 Å². The van der Waals surface area contributed by atoms with Crippen LogP contribution in [0.5, 0.6) is 0 Å². The molecule has 0 aliphatic heterocycles. The second-order valence-electron chi connectivity index (χ2n) is 5.93. The van der Waals surface area contributed by atoms with Gasteiger partial charge in [0.25, 0.3) is 0 Å². The highest BCUT2D eigenvalue weighted by Gasteiger charge is 2.09. The van der Waals surface area contributed by atoms with Crippen LogP contribution in [-0.4, -0.2) is 11.5 Å². The third-order valence-corrected chi connectivity index (χ3v) is 4.26. The first-order valence-corrected chi connectivity index (χ1v) is 8.59. The van der Waals surface area contributed by atoms with Crippen molar-refractivity contribution in [1.29, 1.82) is 0 Å². The average Bonchev–Trinajstić information content (AvgIpc) is 2.59. The van der Waals surface area contributed by atoms with Gasteiger partial charge in [0.05, 0.1) is 0 Å². The average molecular weight is 337 g/mol. The minimum absolute atomic E-state index is 0.755. The van der Waals surface area contributed by atoms with Crippen molar-refractivity contribution in [3.8, 4) is 0 Å². The predicted molar refractivity (Wildman–Crippen MR) is 102 cm³/mol. The Kier molecular flexibility index (Phi) is 5.50. The number of pyridine rings is 1. The van der Waals surface area contributed by atoms with Crippen LogP contribution in [-0.2, 0) is 6.42 Å². The second kappa shape index (κ2) is 7.98. The number of nitrogens with zero attached hydrogens (tertiary/aromatic N) is 2. The van der Waals surface area contributed by atoms with Crippen molar-refractivity contribution in [2.45, 2.75) is 19.8 Å². The summed E-state index contributed by atoms with van der Waals surface area (Å²) < 4.78 is 0. The Morgan fingerprint density at radius 2 is 1.71 bits per heavy atom. The van der Waals surface area contributed by atoms with E-state index in [1.54, 1.807) is 0 Å². The lowest BCUT2D eigenvalue weighted by Crippen LogP contribution is -2.19. The first-order chi connectivity index (χ1) is 11.7. The number of hydrogen-bond donors (Lipinski definition) is 0. The van der Waals surface area contributed by atoms with Crippen LogP contribution >= 0.6 is 11.6 Å². The fourth-order valence-electron chi connectivity index (χ4n) is 2.88. The van der Waals surface area contributed by atoms with Crippen molar-refractivity contribution in [2.24, 2.45) is 0 Å². The number of aromatic nitrogens is 1. The molecule has 0 aliphatic rings.